The van der Waals surface area contributed by atoms with E-state index >= 15 is 0 Å². The molecule has 0 aromatic heterocycles. The molecule has 29 heavy (non-hydrogen) atoms. The molecule has 1 N–H and O–H groups in total. The van der Waals surface area contributed by atoms with Gasteiger partial charge in [-0.2, -0.15) is 0 Å². The van der Waals surface area contributed by atoms with Gasteiger partial charge in [-0.15, -0.1) is 0 Å². The summed E-state index contributed by atoms with van der Waals surface area (Å²) in [6, 6.07) is 0.0990. The minimum absolute atomic E-state index is 0.0990. The number of carbonyl (C=O) groups excluding carboxylic acids is 2. The zero-order chi connectivity index (χ0) is 21.9. The Labute approximate surface area is 177 Å². The Morgan fingerprint density at radius 1 is 1.14 bits per heavy atom. The SMILES string of the molecule is CCCCCC(C)(O)/C=C/C1CCC(=O)N1CCCCCCC(=O)OC(C)(C)C. The van der Waals surface area contributed by atoms with Crippen LogP contribution >= 0.6 is 0 Å². The van der Waals surface area contributed by atoms with Crippen molar-refractivity contribution in [3.63, 3.8) is 0 Å². The fourth-order valence-corrected chi connectivity index (χ4v) is 3.68. The number of nitrogens with zero attached hydrogens (tertiary/aromatic N) is 1. The fraction of sp³-hybridized carbons (Fsp3) is 0.833. The number of aliphatic hydroxyl groups is 1. The third kappa shape index (κ3) is 11.4. The monoisotopic (exact) mass is 409 g/mol. The molecular weight excluding hydrogens is 366 g/mol. The number of amides is 1. The van der Waals surface area contributed by atoms with E-state index in [0.29, 0.717) is 12.8 Å². The van der Waals surface area contributed by atoms with Crippen molar-refractivity contribution in [1.82, 2.24) is 4.90 Å². The highest BCUT2D eigenvalue weighted by atomic mass is 16.6. The molecule has 1 saturated heterocycles. The summed E-state index contributed by atoms with van der Waals surface area (Å²) in [4.78, 5) is 25.9. The van der Waals surface area contributed by atoms with E-state index in [-0.39, 0.29) is 17.9 Å². The third-order valence-electron chi connectivity index (χ3n) is 5.29. The number of ether oxygens (including phenoxy) is 1. The van der Waals surface area contributed by atoms with Gasteiger partial charge in [0, 0.05) is 19.4 Å². The van der Waals surface area contributed by atoms with Gasteiger partial charge in [0.1, 0.15) is 5.60 Å². The molecule has 1 aliphatic heterocycles. The van der Waals surface area contributed by atoms with Crippen molar-refractivity contribution < 1.29 is 19.4 Å². The largest absolute Gasteiger partial charge is 0.460 e. The summed E-state index contributed by atoms with van der Waals surface area (Å²) in [5.74, 6) is 0.0717. The zero-order valence-electron chi connectivity index (χ0n) is 19.3. The maximum Gasteiger partial charge on any atom is 0.306 e. The maximum absolute atomic E-state index is 12.2. The van der Waals surface area contributed by atoms with E-state index in [4.69, 9.17) is 4.74 Å². The average molecular weight is 410 g/mol. The molecule has 2 atom stereocenters. The van der Waals surface area contributed by atoms with Gasteiger partial charge in [0.05, 0.1) is 11.6 Å². The molecule has 5 heteroatoms. The Bertz CT molecular complexity index is 533. The van der Waals surface area contributed by atoms with Crippen LogP contribution in [0.5, 0.6) is 0 Å². The average Bonchev–Trinajstić information content (AvgIpc) is 2.95. The van der Waals surface area contributed by atoms with E-state index < -0.39 is 11.2 Å². The van der Waals surface area contributed by atoms with Crippen LogP contribution in [0.2, 0.25) is 0 Å². The van der Waals surface area contributed by atoms with Crippen molar-refractivity contribution in [1.29, 1.82) is 0 Å². The summed E-state index contributed by atoms with van der Waals surface area (Å²) < 4.78 is 5.32. The zero-order valence-corrected chi connectivity index (χ0v) is 19.3. The van der Waals surface area contributed by atoms with Crippen LogP contribution < -0.4 is 0 Å². The fourth-order valence-electron chi connectivity index (χ4n) is 3.68. The number of likely N-dealkylation sites (tertiary alicyclic amines) is 1. The molecule has 0 aromatic rings. The molecule has 0 bridgehead atoms. The lowest BCUT2D eigenvalue weighted by Gasteiger charge is -2.24. The second-order valence-corrected chi connectivity index (χ2v) is 9.62. The molecule has 1 fully saturated rings. The Morgan fingerprint density at radius 2 is 1.83 bits per heavy atom. The van der Waals surface area contributed by atoms with Gasteiger partial charge in [0.25, 0.3) is 0 Å². The summed E-state index contributed by atoms with van der Waals surface area (Å²) in [5.41, 5.74) is -1.22. The molecule has 0 spiro atoms. The van der Waals surface area contributed by atoms with Crippen molar-refractivity contribution in [3.8, 4) is 0 Å². The highest BCUT2D eigenvalue weighted by Gasteiger charge is 2.29. The summed E-state index contributed by atoms with van der Waals surface area (Å²) in [6.07, 6.45) is 13.6. The number of rotatable bonds is 13. The summed E-state index contributed by atoms with van der Waals surface area (Å²) in [7, 11) is 0. The van der Waals surface area contributed by atoms with E-state index in [9.17, 15) is 14.7 Å². The molecule has 1 aliphatic rings. The number of hydrogen-bond acceptors (Lipinski definition) is 4. The molecule has 168 valence electrons. The Balaban J connectivity index is 2.32. The molecule has 2 unspecified atom stereocenters. The van der Waals surface area contributed by atoms with Crippen molar-refractivity contribution in [3.05, 3.63) is 12.2 Å². The first-order valence-electron chi connectivity index (χ1n) is 11.5. The van der Waals surface area contributed by atoms with Crippen LogP contribution in [-0.4, -0.2) is 45.7 Å². The molecule has 5 nitrogen and oxygen atoms in total. The molecule has 0 aromatic carbocycles. The summed E-state index contributed by atoms with van der Waals surface area (Å²) in [6.45, 7) is 10.4. The highest BCUT2D eigenvalue weighted by Crippen LogP contribution is 2.23. The molecule has 0 saturated carbocycles. The number of unbranched alkanes of at least 4 members (excludes halogenated alkanes) is 5. The lowest BCUT2D eigenvalue weighted by Crippen LogP contribution is -2.33. The van der Waals surface area contributed by atoms with E-state index in [0.717, 1.165) is 64.3 Å². The van der Waals surface area contributed by atoms with Crippen LogP contribution in [0.1, 0.15) is 105 Å². The summed E-state index contributed by atoms with van der Waals surface area (Å²) in [5, 5.41) is 10.5. The van der Waals surface area contributed by atoms with Crippen molar-refractivity contribution in [2.24, 2.45) is 0 Å². The van der Waals surface area contributed by atoms with E-state index in [2.05, 4.69) is 6.92 Å². The van der Waals surface area contributed by atoms with Crippen LogP contribution in [0, 0.1) is 0 Å². The first-order valence-corrected chi connectivity index (χ1v) is 11.5. The molecule has 0 radical (unpaired) electrons. The number of carbonyl (C=O) groups is 2. The molecule has 1 rings (SSSR count). The molecule has 0 aliphatic carbocycles. The van der Waals surface area contributed by atoms with Crippen molar-refractivity contribution in [2.45, 2.75) is 122 Å². The Morgan fingerprint density at radius 3 is 2.48 bits per heavy atom. The third-order valence-corrected chi connectivity index (χ3v) is 5.29. The second kappa shape index (κ2) is 12.4. The lowest BCUT2D eigenvalue weighted by molar-refractivity contribution is -0.154. The Hall–Kier alpha value is -1.36. The summed E-state index contributed by atoms with van der Waals surface area (Å²) >= 11 is 0. The van der Waals surface area contributed by atoms with Crippen LogP contribution in [0.15, 0.2) is 12.2 Å². The topological polar surface area (TPSA) is 66.8 Å². The second-order valence-electron chi connectivity index (χ2n) is 9.62. The minimum atomic E-state index is -0.797. The Kier molecular flexibility index (Phi) is 10.9. The van der Waals surface area contributed by atoms with Gasteiger partial charge >= 0.3 is 5.97 Å². The predicted molar refractivity (Wildman–Crippen MR) is 118 cm³/mol. The number of esters is 1. The first kappa shape index (κ1) is 25.7. The van der Waals surface area contributed by atoms with Gasteiger partial charge in [-0.3, -0.25) is 9.59 Å². The van der Waals surface area contributed by atoms with Gasteiger partial charge in [-0.05, 0) is 53.4 Å². The van der Waals surface area contributed by atoms with Gasteiger partial charge < -0.3 is 14.7 Å². The smallest absolute Gasteiger partial charge is 0.306 e. The normalized spacial score (nSPS) is 19.7. The highest BCUT2D eigenvalue weighted by molar-refractivity contribution is 5.79. The molecule has 1 amide bonds. The number of hydrogen-bond donors (Lipinski definition) is 1. The van der Waals surface area contributed by atoms with Crippen molar-refractivity contribution >= 4 is 11.9 Å². The van der Waals surface area contributed by atoms with E-state index in [1.165, 1.54) is 0 Å². The predicted octanol–water partition coefficient (Wildman–Crippen LogP) is 5.16. The molecule has 1 heterocycles. The molecular formula is C24H43NO4. The van der Waals surface area contributed by atoms with Crippen LogP contribution in [-0.2, 0) is 14.3 Å². The quantitative estimate of drug-likeness (QED) is 0.259. The maximum atomic E-state index is 12.2. The minimum Gasteiger partial charge on any atom is -0.460 e. The lowest BCUT2D eigenvalue weighted by atomic mass is 9.97. The van der Waals surface area contributed by atoms with E-state index in [1.807, 2.05) is 44.7 Å². The van der Waals surface area contributed by atoms with Crippen molar-refractivity contribution in [2.75, 3.05) is 6.54 Å². The van der Waals surface area contributed by atoms with Gasteiger partial charge in [-0.1, -0.05) is 51.2 Å². The van der Waals surface area contributed by atoms with E-state index in [1.54, 1.807) is 0 Å². The van der Waals surface area contributed by atoms with Crippen LogP contribution in [0.25, 0.3) is 0 Å². The van der Waals surface area contributed by atoms with Gasteiger partial charge in [-0.25, -0.2) is 0 Å². The van der Waals surface area contributed by atoms with Crippen LogP contribution in [0.4, 0.5) is 0 Å². The van der Waals surface area contributed by atoms with Gasteiger partial charge in [0.15, 0.2) is 0 Å². The first-order chi connectivity index (χ1) is 13.5. The van der Waals surface area contributed by atoms with Gasteiger partial charge in [0.2, 0.25) is 5.91 Å². The van der Waals surface area contributed by atoms with Crippen LogP contribution in [0.3, 0.4) is 0 Å². The standard InChI is InChI=1S/C24H43NO4/c1-6-7-11-17-24(5,28)18-16-20-14-15-21(26)25(20)19-12-9-8-10-13-22(27)29-23(2,3)4/h16,18,20,28H,6-15,17,19H2,1-5H3/b18-16+.